The molecule has 0 radical (unpaired) electrons. The van der Waals surface area contributed by atoms with Crippen molar-refractivity contribution in [2.24, 2.45) is 0 Å². The zero-order valence-corrected chi connectivity index (χ0v) is 9.18. The van der Waals surface area contributed by atoms with Crippen LogP contribution in [0, 0.1) is 5.82 Å². The summed E-state index contributed by atoms with van der Waals surface area (Å²) in [6.07, 6.45) is 0. The molecule has 84 valence electrons. The molecule has 1 aromatic rings. The van der Waals surface area contributed by atoms with E-state index in [0.29, 0.717) is 0 Å². The molecule has 3 N–H and O–H groups in total. The summed E-state index contributed by atoms with van der Waals surface area (Å²) in [6, 6.07) is 3.23. The first-order valence-corrected chi connectivity index (χ1v) is 5.56. The summed E-state index contributed by atoms with van der Waals surface area (Å²) in [7, 11) is -0.605. The minimum Gasteiger partial charge on any atom is -0.396 e. The summed E-state index contributed by atoms with van der Waals surface area (Å²) in [6.45, 7) is 0. The lowest BCUT2D eigenvalue weighted by Crippen LogP contribution is -2.36. The first-order valence-electron chi connectivity index (χ1n) is 4.08. The van der Waals surface area contributed by atoms with Gasteiger partial charge in [-0.2, -0.15) is 0 Å². The van der Waals surface area contributed by atoms with Crippen molar-refractivity contribution in [1.82, 2.24) is 9.84 Å². The number of nitrogens with one attached hydrogen (secondary N) is 1. The molecule has 0 heterocycles. The summed E-state index contributed by atoms with van der Waals surface area (Å²) in [5.41, 5.74) is 5.07. The van der Waals surface area contributed by atoms with Crippen molar-refractivity contribution in [3.63, 3.8) is 0 Å². The molecular weight excluding hydrogens is 221 g/mol. The SMILES string of the molecule is CN(C)NS(=O)(=O)c1ccc(F)c(N)c1. The van der Waals surface area contributed by atoms with Crippen LogP contribution in [0.3, 0.4) is 0 Å². The van der Waals surface area contributed by atoms with Gasteiger partial charge in [0.1, 0.15) is 5.82 Å². The highest BCUT2D eigenvalue weighted by Gasteiger charge is 2.15. The summed E-state index contributed by atoms with van der Waals surface area (Å²) >= 11 is 0. The first kappa shape index (κ1) is 11.9. The molecule has 0 atom stereocenters. The number of anilines is 1. The number of hydrogen-bond acceptors (Lipinski definition) is 4. The number of hydrogen-bond donors (Lipinski definition) is 2. The van der Waals surface area contributed by atoms with Crippen LogP contribution in [0.1, 0.15) is 0 Å². The summed E-state index contributed by atoms with van der Waals surface area (Å²) in [5.74, 6) is -0.640. The Bertz CT molecular complexity index is 459. The van der Waals surface area contributed by atoms with Crippen LogP contribution in [-0.4, -0.2) is 27.5 Å². The molecule has 0 aliphatic carbocycles. The van der Waals surface area contributed by atoms with Crippen LogP contribution in [0.25, 0.3) is 0 Å². The molecule has 0 amide bonds. The number of sulfonamides is 1. The van der Waals surface area contributed by atoms with Gasteiger partial charge in [0, 0.05) is 14.1 Å². The molecule has 0 saturated heterocycles. The summed E-state index contributed by atoms with van der Waals surface area (Å²) in [5, 5.41) is 1.27. The van der Waals surface area contributed by atoms with Gasteiger partial charge >= 0.3 is 0 Å². The van der Waals surface area contributed by atoms with E-state index in [0.717, 1.165) is 18.2 Å². The van der Waals surface area contributed by atoms with E-state index in [-0.39, 0.29) is 10.6 Å². The van der Waals surface area contributed by atoms with Crippen molar-refractivity contribution in [2.75, 3.05) is 19.8 Å². The number of nitrogen functional groups attached to an aromatic ring is 1. The summed E-state index contributed by atoms with van der Waals surface area (Å²) < 4.78 is 35.9. The Labute approximate surface area is 87.7 Å². The van der Waals surface area contributed by atoms with Crippen LogP contribution >= 0.6 is 0 Å². The summed E-state index contributed by atoms with van der Waals surface area (Å²) in [4.78, 5) is 2.14. The molecule has 0 fully saturated rings. The molecular formula is C8H12FN3O2S. The molecule has 1 aromatic carbocycles. The highest BCUT2D eigenvalue weighted by molar-refractivity contribution is 7.89. The zero-order valence-electron chi connectivity index (χ0n) is 8.36. The number of hydrazine groups is 1. The normalized spacial score (nSPS) is 12.0. The van der Waals surface area contributed by atoms with Crippen molar-refractivity contribution in [3.8, 4) is 0 Å². The molecule has 7 heteroatoms. The van der Waals surface area contributed by atoms with E-state index < -0.39 is 15.8 Å². The lowest BCUT2D eigenvalue weighted by Gasteiger charge is -2.12. The van der Waals surface area contributed by atoms with E-state index in [2.05, 4.69) is 4.83 Å². The Morgan fingerprint density at radius 1 is 1.40 bits per heavy atom. The average Bonchev–Trinajstić information content (AvgIpc) is 2.07. The molecule has 5 nitrogen and oxygen atoms in total. The van der Waals surface area contributed by atoms with Gasteiger partial charge < -0.3 is 5.73 Å². The fraction of sp³-hybridized carbons (Fsp3) is 0.250. The first-order chi connectivity index (χ1) is 6.83. The maximum Gasteiger partial charge on any atom is 0.253 e. The van der Waals surface area contributed by atoms with E-state index in [1.165, 1.54) is 19.1 Å². The van der Waals surface area contributed by atoms with Gasteiger partial charge in [-0.3, -0.25) is 0 Å². The van der Waals surface area contributed by atoms with Gasteiger partial charge in [0.05, 0.1) is 10.6 Å². The van der Waals surface area contributed by atoms with E-state index >= 15 is 0 Å². The third-order valence-electron chi connectivity index (χ3n) is 1.58. The zero-order chi connectivity index (χ0) is 11.6. The maximum absolute atomic E-state index is 12.8. The molecule has 0 aliphatic rings. The van der Waals surface area contributed by atoms with Crippen LogP contribution in [0.15, 0.2) is 23.1 Å². The number of nitrogens with zero attached hydrogens (tertiary/aromatic N) is 1. The third kappa shape index (κ3) is 2.88. The second-order valence-electron chi connectivity index (χ2n) is 3.17. The Morgan fingerprint density at radius 3 is 2.47 bits per heavy atom. The van der Waals surface area contributed by atoms with Gasteiger partial charge in [-0.25, -0.2) is 17.8 Å². The average molecular weight is 233 g/mol. The number of halogens is 1. The van der Waals surface area contributed by atoms with E-state index in [9.17, 15) is 12.8 Å². The van der Waals surface area contributed by atoms with Crippen molar-refractivity contribution in [3.05, 3.63) is 24.0 Å². The predicted octanol–water partition coefficient (Wildman–Crippen LogP) is 0.163. The Balaban J connectivity index is 3.11. The van der Waals surface area contributed by atoms with Crippen molar-refractivity contribution >= 4 is 15.7 Å². The van der Waals surface area contributed by atoms with Crippen LogP contribution in [-0.2, 0) is 10.0 Å². The maximum atomic E-state index is 12.8. The minimum atomic E-state index is -3.67. The number of nitrogens with two attached hydrogens (primary N) is 1. The van der Waals surface area contributed by atoms with Crippen LogP contribution < -0.4 is 10.6 Å². The standard InChI is InChI=1S/C8H12FN3O2S/c1-12(2)11-15(13,14)6-3-4-7(9)8(10)5-6/h3-5,11H,10H2,1-2H3. The molecule has 0 aliphatic heterocycles. The molecule has 0 bridgehead atoms. The molecule has 1 rings (SSSR count). The topological polar surface area (TPSA) is 75.4 Å². The molecule has 0 saturated carbocycles. The second-order valence-corrected chi connectivity index (χ2v) is 4.83. The molecule has 0 unspecified atom stereocenters. The lowest BCUT2D eigenvalue weighted by atomic mass is 10.3. The molecule has 15 heavy (non-hydrogen) atoms. The largest absolute Gasteiger partial charge is 0.396 e. The Hall–Kier alpha value is -1.18. The third-order valence-corrected chi connectivity index (χ3v) is 3.06. The van der Waals surface area contributed by atoms with Crippen molar-refractivity contribution < 1.29 is 12.8 Å². The van der Waals surface area contributed by atoms with Crippen LogP contribution in [0.2, 0.25) is 0 Å². The minimum absolute atomic E-state index is 0.0740. The van der Waals surface area contributed by atoms with Gasteiger partial charge in [-0.05, 0) is 18.2 Å². The van der Waals surface area contributed by atoms with Gasteiger partial charge in [0.25, 0.3) is 10.0 Å². The fourth-order valence-corrected chi connectivity index (χ4v) is 2.10. The second kappa shape index (κ2) is 4.13. The smallest absolute Gasteiger partial charge is 0.253 e. The number of benzene rings is 1. The quantitative estimate of drug-likeness (QED) is 0.576. The van der Waals surface area contributed by atoms with Gasteiger partial charge in [0.2, 0.25) is 0 Å². The van der Waals surface area contributed by atoms with Crippen LogP contribution in [0.4, 0.5) is 10.1 Å². The molecule has 0 aromatic heterocycles. The highest BCUT2D eigenvalue weighted by atomic mass is 32.2. The Kier molecular flexibility index (Phi) is 3.28. The van der Waals surface area contributed by atoms with Crippen LogP contribution in [0.5, 0.6) is 0 Å². The van der Waals surface area contributed by atoms with Gasteiger partial charge in [-0.15, -0.1) is 4.83 Å². The van der Waals surface area contributed by atoms with E-state index in [4.69, 9.17) is 5.73 Å². The predicted molar refractivity (Wildman–Crippen MR) is 54.8 cm³/mol. The monoisotopic (exact) mass is 233 g/mol. The number of rotatable bonds is 3. The van der Waals surface area contributed by atoms with Gasteiger partial charge in [-0.1, -0.05) is 0 Å². The van der Waals surface area contributed by atoms with Crippen molar-refractivity contribution in [1.29, 1.82) is 0 Å². The van der Waals surface area contributed by atoms with E-state index in [1.807, 2.05) is 0 Å². The highest BCUT2D eigenvalue weighted by Crippen LogP contribution is 2.16. The molecule has 0 spiro atoms. The van der Waals surface area contributed by atoms with Gasteiger partial charge in [0.15, 0.2) is 0 Å². The van der Waals surface area contributed by atoms with Crippen molar-refractivity contribution in [2.45, 2.75) is 4.90 Å². The Morgan fingerprint density at radius 2 is 2.00 bits per heavy atom. The fourth-order valence-electron chi connectivity index (χ4n) is 0.982. The lowest BCUT2D eigenvalue weighted by molar-refractivity contribution is 0.364. The van der Waals surface area contributed by atoms with E-state index in [1.54, 1.807) is 0 Å².